The number of imidazole rings is 1. The maximum Gasteiger partial charge on any atom is 0.100 e. The summed E-state index contributed by atoms with van der Waals surface area (Å²) in [6.07, 6.45) is 8.44. The normalized spacial score (nSPS) is 12.9. The first-order chi connectivity index (χ1) is 7.75. The third kappa shape index (κ3) is 2.82. The standard InChI is InChI=1S/C10H14ClN5/c1-9(11)10-7-16(14-13-10)5-2-4-15-6-3-12-8-15/h3,6-9H,2,4-5H2,1H3. The molecule has 0 bridgehead atoms. The summed E-state index contributed by atoms with van der Waals surface area (Å²) in [7, 11) is 0. The highest BCUT2D eigenvalue weighted by atomic mass is 35.5. The van der Waals surface area contributed by atoms with E-state index in [0.717, 1.165) is 25.2 Å². The quantitative estimate of drug-likeness (QED) is 0.749. The maximum atomic E-state index is 5.90. The summed E-state index contributed by atoms with van der Waals surface area (Å²) in [6, 6.07) is 0. The van der Waals surface area contributed by atoms with Gasteiger partial charge in [0.1, 0.15) is 5.69 Å². The second-order valence-electron chi connectivity index (χ2n) is 3.68. The van der Waals surface area contributed by atoms with E-state index in [1.165, 1.54) is 0 Å². The predicted molar refractivity (Wildman–Crippen MR) is 61.1 cm³/mol. The first-order valence-electron chi connectivity index (χ1n) is 5.25. The van der Waals surface area contributed by atoms with E-state index < -0.39 is 0 Å². The third-order valence-electron chi connectivity index (χ3n) is 2.33. The highest BCUT2D eigenvalue weighted by Crippen LogP contribution is 2.15. The molecule has 0 aliphatic rings. The average Bonchev–Trinajstić information content (AvgIpc) is 2.87. The van der Waals surface area contributed by atoms with Crippen molar-refractivity contribution in [3.8, 4) is 0 Å². The van der Waals surface area contributed by atoms with Gasteiger partial charge in [0.25, 0.3) is 0 Å². The van der Waals surface area contributed by atoms with E-state index in [2.05, 4.69) is 15.3 Å². The summed E-state index contributed by atoms with van der Waals surface area (Å²) < 4.78 is 3.87. The van der Waals surface area contributed by atoms with Crippen molar-refractivity contribution in [2.24, 2.45) is 0 Å². The molecule has 2 rings (SSSR count). The Morgan fingerprint density at radius 3 is 2.94 bits per heavy atom. The van der Waals surface area contributed by atoms with Crippen LogP contribution in [-0.4, -0.2) is 24.5 Å². The topological polar surface area (TPSA) is 48.5 Å². The lowest BCUT2D eigenvalue weighted by Gasteiger charge is -2.01. The first kappa shape index (κ1) is 11.1. The van der Waals surface area contributed by atoms with Crippen LogP contribution >= 0.6 is 11.6 Å². The average molecular weight is 240 g/mol. The predicted octanol–water partition coefficient (Wildman–Crippen LogP) is 1.86. The van der Waals surface area contributed by atoms with Crippen molar-refractivity contribution in [2.45, 2.75) is 31.8 Å². The molecule has 2 aromatic rings. The fourth-order valence-electron chi connectivity index (χ4n) is 1.44. The molecule has 0 spiro atoms. The van der Waals surface area contributed by atoms with Gasteiger partial charge in [-0.25, -0.2) is 4.98 Å². The van der Waals surface area contributed by atoms with E-state index in [1.54, 1.807) is 6.20 Å². The van der Waals surface area contributed by atoms with Gasteiger partial charge in [0.2, 0.25) is 0 Å². The molecule has 16 heavy (non-hydrogen) atoms. The van der Waals surface area contributed by atoms with Crippen molar-refractivity contribution in [1.82, 2.24) is 24.5 Å². The number of hydrogen-bond donors (Lipinski definition) is 0. The number of nitrogens with zero attached hydrogens (tertiary/aromatic N) is 5. The molecule has 0 saturated carbocycles. The summed E-state index contributed by atoms with van der Waals surface area (Å²) >= 11 is 5.90. The molecule has 0 saturated heterocycles. The lowest BCUT2D eigenvalue weighted by atomic mass is 10.3. The number of hydrogen-bond acceptors (Lipinski definition) is 3. The highest BCUT2D eigenvalue weighted by molar-refractivity contribution is 6.20. The minimum absolute atomic E-state index is 0.0811. The zero-order chi connectivity index (χ0) is 11.4. The Balaban J connectivity index is 1.81. The van der Waals surface area contributed by atoms with E-state index in [-0.39, 0.29) is 5.38 Å². The Morgan fingerprint density at radius 1 is 1.44 bits per heavy atom. The van der Waals surface area contributed by atoms with Gasteiger partial charge in [-0.15, -0.1) is 16.7 Å². The Morgan fingerprint density at radius 2 is 2.31 bits per heavy atom. The molecule has 0 amide bonds. The van der Waals surface area contributed by atoms with Gasteiger partial charge in [0.15, 0.2) is 0 Å². The van der Waals surface area contributed by atoms with Crippen molar-refractivity contribution in [1.29, 1.82) is 0 Å². The Kier molecular flexibility index (Phi) is 3.56. The van der Waals surface area contributed by atoms with E-state index >= 15 is 0 Å². The fraction of sp³-hybridized carbons (Fsp3) is 0.500. The SMILES string of the molecule is CC(Cl)c1cn(CCCn2ccnc2)nn1. The molecule has 86 valence electrons. The van der Waals surface area contributed by atoms with E-state index in [1.807, 2.05) is 34.9 Å². The molecule has 0 aliphatic heterocycles. The molecule has 1 unspecified atom stereocenters. The Hall–Kier alpha value is -1.36. The van der Waals surface area contributed by atoms with Crippen LogP contribution in [0.3, 0.4) is 0 Å². The molecule has 0 radical (unpaired) electrons. The number of aromatic nitrogens is 5. The molecule has 0 aromatic carbocycles. The third-order valence-corrected chi connectivity index (χ3v) is 2.55. The van der Waals surface area contributed by atoms with E-state index in [9.17, 15) is 0 Å². The summed E-state index contributed by atoms with van der Waals surface area (Å²) in [5.41, 5.74) is 0.823. The Bertz CT molecular complexity index is 420. The van der Waals surface area contributed by atoms with Crippen LogP contribution in [0.15, 0.2) is 24.9 Å². The van der Waals surface area contributed by atoms with Crippen LogP contribution in [0.4, 0.5) is 0 Å². The summed E-state index contributed by atoms with van der Waals surface area (Å²) in [5.74, 6) is 0. The first-order valence-corrected chi connectivity index (χ1v) is 5.69. The number of halogens is 1. The minimum Gasteiger partial charge on any atom is -0.337 e. The van der Waals surface area contributed by atoms with Crippen LogP contribution in [0.5, 0.6) is 0 Å². The van der Waals surface area contributed by atoms with Gasteiger partial charge in [-0.3, -0.25) is 4.68 Å². The molecule has 5 nitrogen and oxygen atoms in total. The number of alkyl halides is 1. The molecule has 0 fully saturated rings. The number of aryl methyl sites for hydroxylation is 2. The van der Waals surface area contributed by atoms with Crippen molar-refractivity contribution in [2.75, 3.05) is 0 Å². The van der Waals surface area contributed by atoms with Gasteiger partial charge in [0.05, 0.1) is 11.7 Å². The van der Waals surface area contributed by atoms with E-state index in [4.69, 9.17) is 11.6 Å². The second-order valence-corrected chi connectivity index (χ2v) is 4.33. The Labute approximate surface area is 99.1 Å². The molecular weight excluding hydrogens is 226 g/mol. The fourth-order valence-corrected chi connectivity index (χ4v) is 1.54. The van der Waals surface area contributed by atoms with Gasteiger partial charge in [-0.1, -0.05) is 5.21 Å². The largest absolute Gasteiger partial charge is 0.337 e. The number of rotatable bonds is 5. The lowest BCUT2D eigenvalue weighted by Crippen LogP contribution is -2.03. The summed E-state index contributed by atoms with van der Waals surface area (Å²) in [5, 5.41) is 7.93. The van der Waals surface area contributed by atoms with Crippen LogP contribution in [0, 0.1) is 0 Å². The van der Waals surface area contributed by atoms with Crippen LogP contribution in [0.2, 0.25) is 0 Å². The van der Waals surface area contributed by atoms with E-state index in [0.29, 0.717) is 0 Å². The zero-order valence-electron chi connectivity index (χ0n) is 9.12. The molecule has 0 N–H and O–H groups in total. The molecule has 2 heterocycles. The molecule has 2 aromatic heterocycles. The lowest BCUT2D eigenvalue weighted by molar-refractivity contribution is 0.514. The summed E-state index contributed by atoms with van der Waals surface area (Å²) in [4.78, 5) is 3.99. The zero-order valence-corrected chi connectivity index (χ0v) is 9.88. The monoisotopic (exact) mass is 239 g/mol. The second kappa shape index (κ2) is 5.12. The minimum atomic E-state index is -0.0811. The van der Waals surface area contributed by atoms with Crippen LogP contribution in [-0.2, 0) is 13.1 Å². The molecule has 6 heteroatoms. The molecular formula is C10H14ClN5. The van der Waals surface area contributed by atoms with Crippen LogP contribution in [0.1, 0.15) is 24.4 Å². The van der Waals surface area contributed by atoms with Gasteiger partial charge >= 0.3 is 0 Å². The van der Waals surface area contributed by atoms with Gasteiger partial charge in [-0.05, 0) is 13.3 Å². The van der Waals surface area contributed by atoms with Crippen molar-refractivity contribution in [3.63, 3.8) is 0 Å². The highest BCUT2D eigenvalue weighted by Gasteiger charge is 2.05. The smallest absolute Gasteiger partial charge is 0.100 e. The van der Waals surface area contributed by atoms with Gasteiger partial charge in [0, 0.05) is 31.7 Å². The molecule has 0 aliphatic carbocycles. The van der Waals surface area contributed by atoms with Crippen LogP contribution in [0.25, 0.3) is 0 Å². The summed E-state index contributed by atoms with van der Waals surface area (Å²) in [6.45, 7) is 3.67. The maximum absolute atomic E-state index is 5.90. The van der Waals surface area contributed by atoms with Crippen molar-refractivity contribution < 1.29 is 0 Å². The molecule has 1 atom stereocenters. The van der Waals surface area contributed by atoms with Crippen molar-refractivity contribution >= 4 is 11.6 Å². The van der Waals surface area contributed by atoms with Crippen LogP contribution < -0.4 is 0 Å². The van der Waals surface area contributed by atoms with Gasteiger partial charge in [-0.2, -0.15) is 0 Å². The van der Waals surface area contributed by atoms with Crippen molar-refractivity contribution in [3.05, 3.63) is 30.6 Å². The van der Waals surface area contributed by atoms with Gasteiger partial charge < -0.3 is 4.57 Å².